The van der Waals surface area contributed by atoms with Crippen molar-refractivity contribution in [2.75, 3.05) is 84.4 Å². The number of likely N-dealkylation sites (tertiary alicyclic amines) is 2. The number of thiazole rings is 2. The number of nitrogens with zero attached hydrogens (tertiary/aromatic N) is 4. The van der Waals surface area contributed by atoms with Crippen LogP contribution in [0.5, 0.6) is 0 Å². The number of β-amino-alcohol motifs (C(OH)–C–C–N with tert-alkyl or cyclic N) is 2. The van der Waals surface area contributed by atoms with Gasteiger partial charge in [-0.25, -0.2) is 28.6 Å². The maximum Gasteiger partial charge on any atom is 0.277 e. The van der Waals surface area contributed by atoms with Gasteiger partial charge in [-0.3, -0.25) is 38.4 Å². The molecule has 2 aromatic heterocycles. The summed E-state index contributed by atoms with van der Waals surface area (Å²) in [5, 5.41) is 29.3. The molecule has 0 unspecified atom stereocenters. The van der Waals surface area contributed by atoms with E-state index >= 15 is 0 Å². The third-order valence-corrected chi connectivity index (χ3v) is 20.8. The van der Waals surface area contributed by atoms with Gasteiger partial charge < -0.3 is 60.6 Å². The van der Waals surface area contributed by atoms with Gasteiger partial charge in [0.1, 0.15) is 29.5 Å². The molecule has 0 bridgehead atoms. The Balaban J connectivity index is 0.000000328. The predicted molar refractivity (Wildman–Crippen MR) is 408 cm³/mol. The number of hydroxylamine groups is 1. The van der Waals surface area contributed by atoms with Gasteiger partial charge in [-0.05, 0) is 113 Å². The van der Waals surface area contributed by atoms with Gasteiger partial charge in [-0.2, -0.15) is 0 Å². The molecule has 578 valence electrons. The summed E-state index contributed by atoms with van der Waals surface area (Å²) < 4.78 is 65.6. The van der Waals surface area contributed by atoms with Crippen LogP contribution in [-0.2, 0) is 65.6 Å². The van der Waals surface area contributed by atoms with Crippen molar-refractivity contribution in [3.8, 4) is 20.9 Å². The van der Waals surface area contributed by atoms with Crippen LogP contribution in [-0.4, -0.2) is 174 Å². The summed E-state index contributed by atoms with van der Waals surface area (Å²) in [4.78, 5) is 112. The molecule has 8 rings (SSSR count). The summed E-state index contributed by atoms with van der Waals surface area (Å²) in [5.74, 6) is -6.90. The van der Waals surface area contributed by atoms with E-state index in [1.54, 1.807) is 34.3 Å². The number of hydrogen-bond acceptors (Lipinski definition) is 20. The molecule has 8 N–H and O–H groups in total. The second-order valence-electron chi connectivity index (χ2n) is 28.4. The predicted octanol–water partition coefficient (Wildman–Crippen LogP) is 11.1. The number of nitrogens with one attached hydrogen (secondary N) is 4. The van der Waals surface area contributed by atoms with Crippen molar-refractivity contribution in [1.29, 1.82) is 0 Å². The molecule has 23 nitrogen and oxygen atoms in total. The van der Waals surface area contributed by atoms with Crippen molar-refractivity contribution in [2.45, 2.75) is 157 Å². The number of carbonyl (C=O) groups is 7. The number of aromatic nitrogens is 2. The van der Waals surface area contributed by atoms with Crippen LogP contribution in [0.25, 0.3) is 20.9 Å². The summed E-state index contributed by atoms with van der Waals surface area (Å²) in [6, 6.07) is 20.2. The number of amides is 5. The van der Waals surface area contributed by atoms with Crippen LogP contribution in [0.3, 0.4) is 0 Å². The lowest BCUT2D eigenvalue weighted by Crippen LogP contribution is -2.50. The Morgan fingerprint density at radius 3 is 1.48 bits per heavy atom. The van der Waals surface area contributed by atoms with Crippen LogP contribution >= 0.6 is 45.3 Å². The van der Waals surface area contributed by atoms with Crippen molar-refractivity contribution in [1.82, 2.24) is 35.9 Å². The normalized spacial score (nSPS) is 16.4. The highest BCUT2D eigenvalue weighted by Gasteiger charge is 2.46. The summed E-state index contributed by atoms with van der Waals surface area (Å²) in [7, 11) is 0. The van der Waals surface area contributed by atoms with Crippen molar-refractivity contribution in [3.05, 3.63) is 139 Å². The first kappa shape index (κ1) is 86.1. The first-order valence-electron chi connectivity index (χ1n) is 35.7. The molecule has 0 aliphatic carbocycles. The number of unbranched alkanes of at least 4 members (excludes halogenated alkanes) is 3. The summed E-state index contributed by atoms with van der Waals surface area (Å²) >= 11 is 5.07. The minimum Gasteiger partial charge on any atom is -0.391 e. The molecule has 106 heavy (non-hydrogen) atoms. The molecular formula is C77H101F3IN9O14S2. The maximum absolute atomic E-state index is 14.7. The molecule has 4 aromatic carbocycles. The fourth-order valence-corrected chi connectivity index (χ4v) is 14.2. The number of hydrogen-bond donors (Lipinski definition) is 7. The summed E-state index contributed by atoms with van der Waals surface area (Å²) in [6.45, 7) is 19.3. The standard InChI is InChI=1S/C47H57F3IN5O8S.C30H44N4O6S/c1-29-43(65-28-53-29)31-11-9-30(10-12-31)26-52-45(60)40-25-34(58)27-56(40)46(61)36(47(2,3)4)24-33(57)17-20-63-22-21-62-18-7-5-6-8-19-64-55-44(59)35-14-15-37(48)41(50)42(35)54-39-16-13-32(51)23-38(39)49;1-20-27(41-19-33-20)22-7-5-21(6-8-22)17-32-28(37)26-16-24(36)18-34(26)29(38)25(30(2,3)4)15-23(35)9-11-39-13-14-40-12-10-31/h9-16,23,28,34,36,40,54,58H,5-8,17-22,24-27H2,1-4H3,(H,52,60)(H,55,59);5-8,19,24-26,36H,9-18,31H2,1-4H3,(H,32,37)/t34-,36-,40+;24-,25-,26+/m11/s1. The quantitative estimate of drug-likeness (QED) is 0.0107. The molecule has 29 heteroatoms. The SMILES string of the molecule is Cc1ncsc1-c1ccc(CNC(=O)[C@@H]2C[C@@H](O)CN2C(=O)[C@@H](CC(=O)CCOCCOCCCCCCONC(=O)c2ccc(F)c(F)c2Nc2ccc(I)cc2F)C(C)(C)C)cc1.Cc1ncsc1-c1ccc(CNC(=O)[C@@H]2C[C@@H](O)CN2C(=O)[C@@H](CC(=O)CCOCCOCCN)C(C)(C)C)cc1. The monoisotopic (exact) mass is 1620 g/mol. The molecule has 2 aliphatic rings. The van der Waals surface area contributed by atoms with Crippen molar-refractivity contribution < 1.29 is 80.7 Å². The van der Waals surface area contributed by atoms with Gasteiger partial charge in [0.15, 0.2) is 11.6 Å². The second-order valence-corrected chi connectivity index (χ2v) is 31.4. The van der Waals surface area contributed by atoms with Crippen LogP contribution in [0, 0.1) is 57.5 Å². The molecule has 4 heterocycles. The number of ketones is 2. The first-order chi connectivity index (χ1) is 50.5. The summed E-state index contributed by atoms with van der Waals surface area (Å²) in [5.41, 5.74) is 15.1. The lowest BCUT2D eigenvalue weighted by molar-refractivity contribution is -0.146. The zero-order chi connectivity index (χ0) is 77.1. The van der Waals surface area contributed by atoms with Crippen LogP contribution in [0.2, 0.25) is 0 Å². The first-order valence-corrected chi connectivity index (χ1v) is 38.6. The zero-order valence-electron chi connectivity index (χ0n) is 61.6. The number of aryl methyl sites for hydroxylation is 2. The number of carbonyl (C=O) groups excluding carboxylic acids is 7. The van der Waals surface area contributed by atoms with Crippen LogP contribution in [0.4, 0.5) is 24.5 Å². The van der Waals surface area contributed by atoms with Crippen LogP contribution in [0.15, 0.2) is 89.9 Å². The van der Waals surface area contributed by atoms with E-state index in [1.807, 2.05) is 132 Å². The van der Waals surface area contributed by atoms with E-state index < -0.39 is 76.0 Å². The number of halogens is 4. The van der Waals surface area contributed by atoms with Gasteiger partial charge in [0.05, 0.1) is 114 Å². The van der Waals surface area contributed by atoms with E-state index in [4.69, 9.17) is 29.5 Å². The minimum absolute atomic E-state index is 0.0161. The van der Waals surface area contributed by atoms with Crippen molar-refractivity contribution in [2.24, 2.45) is 28.4 Å². The third-order valence-electron chi connectivity index (χ3n) is 18.2. The molecule has 0 saturated carbocycles. The van der Waals surface area contributed by atoms with E-state index in [9.17, 15) is 56.9 Å². The number of Topliss-reactive ketones (excluding diaryl/α,β-unsaturated/α-hetero) is 2. The molecule has 6 atom stereocenters. The minimum atomic E-state index is -1.33. The van der Waals surface area contributed by atoms with E-state index in [0.717, 1.165) is 74.8 Å². The molecule has 0 radical (unpaired) electrons. The van der Waals surface area contributed by atoms with Gasteiger partial charge in [-0.1, -0.05) is 103 Å². The Kier molecular flexibility index (Phi) is 34.5. The van der Waals surface area contributed by atoms with E-state index in [0.29, 0.717) is 56.1 Å². The van der Waals surface area contributed by atoms with Gasteiger partial charge in [0.25, 0.3) is 5.91 Å². The lowest BCUT2D eigenvalue weighted by atomic mass is 9.76. The number of aliphatic hydroxyl groups is 2. The number of benzene rings is 4. The molecule has 6 aromatic rings. The van der Waals surface area contributed by atoms with E-state index in [1.165, 1.54) is 21.9 Å². The molecule has 5 amide bonds. The average molecular weight is 1620 g/mol. The molecule has 2 fully saturated rings. The van der Waals surface area contributed by atoms with Gasteiger partial charge in [-0.15, -0.1) is 22.7 Å². The van der Waals surface area contributed by atoms with Gasteiger partial charge in [0.2, 0.25) is 23.6 Å². The Morgan fingerprint density at radius 2 is 1.05 bits per heavy atom. The fourth-order valence-electron chi connectivity index (χ4n) is 12.1. The average Bonchev–Trinajstić information content (AvgIpc) is 1.56. The fraction of sp³-hybridized carbons (Fsp3) is 0.519. The molecule has 0 spiro atoms. The Bertz CT molecular complexity index is 3860. The Hall–Kier alpha value is -7.17. The van der Waals surface area contributed by atoms with Gasteiger partial charge >= 0.3 is 0 Å². The highest BCUT2D eigenvalue weighted by Crippen LogP contribution is 2.37. The molecule has 2 aliphatic heterocycles. The number of aliphatic hydroxyl groups excluding tert-OH is 2. The summed E-state index contributed by atoms with van der Waals surface area (Å²) in [6.07, 6.45) is 1.92. The van der Waals surface area contributed by atoms with Gasteiger partial charge in [0, 0.05) is 93.3 Å². The van der Waals surface area contributed by atoms with E-state index in [2.05, 4.69) is 31.4 Å². The molecular weight excluding hydrogens is 1520 g/mol. The zero-order valence-corrected chi connectivity index (χ0v) is 65.4. The number of anilines is 2. The number of rotatable bonds is 39. The highest BCUT2D eigenvalue weighted by atomic mass is 127. The Labute approximate surface area is 640 Å². The number of nitrogens with two attached hydrogens (primary N) is 1. The van der Waals surface area contributed by atoms with E-state index in [-0.39, 0.29) is 131 Å². The Morgan fingerprint density at radius 1 is 0.594 bits per heavy atom. The smallest absolute Gasteiger partial charge is 0.277 e. The maximum atomic E-state index is 14.7. The second kappa shape index (κ2) is 42.5. The van der Waals surface area contributed by atoms with Crippen LogP contribution < -0.4 is 27.2 Å². The lowest BCUT2D eigenvalue weighted by Gasteiger charge is -2.34. The molecule has 2 saturated heterocycles. The highest BCUT2D eigenvalue weighted by molar-refractivity contribution is 14.1. The van der Waals surface area contributed by atoms with Crippen molar-refractivity contribution >= 4 is 97.7 Å². The largest absolute Gasteiger partial charge is 0.391 e. The van der Waals surface area contributed by atoms with Crippen molar-refractivity contribution in [3.63, 3.8) is 0 Å². The number of ether oxygens (including phenoxy) is 4. The third kappa shape index (κ3) is 26.6. The topological polar surface area (TPSA) is 312 Å². The van der Waals surface area contributed by atoms with Crippen LogP contribution in [0.1, 0.15) is 139 Å².